The second kappa shape index (κ2) is 9.74. The highest BCUT2D eigenvalue weighted by molar-refractivity contribution is 6.30. The fraction of sp³-hybridized carbons (Fsp3) is 0.261. The van der Waals surface area contributed by atoms with E-state index in [1.165, 1.54) is 10.7 Å². The minimum Gasteiger partial charge on any atom is -0.497 e. The van der Waals surface area contributed by atoms with Crippen LogP contribution in [-0.4, -0.2) is 49.0 Å². The number of aromatic nitrogens is 2. The van der Waals surface area contributed by atoms with Gasteiger partial charge < -0.3 is 19.9 Å². The van der Waals surface area contributed by atoms with Crippen LogP contribution in [0.4, 0.5) is 17.2 Å². The van der Waals surface area contributed by atoms with Crippen LogP contribution in [0.15, 0.2) is 65.5 Å². The average Bonchev–Trinajstić information content (AvgIpc) is 2.81. The van der Waals surface area contributed by atoms with Crippen molar-refractivity contribution >= 4 is 34.7 Å². The van der Waals surface area contributed by atoms with Gasteiger partial charge in [-0.05, 0) is 48.5 Å². The molecule has 32 heavy (non-hydrogen) atoms. The van der Waals surface area contributed by atoms with Crippen molar-refractivity contribution in [3.05, 3.63) is 76.0 Å². The summed E-state index contributed by atoms with van der Waals surface area (Å²) in [6.07, 6.45) is 0. The van der Waals surface area contributed by atoms with Gasteiger partial charge in [-0.25, -0.2) is 4.68 Å². The Morgan fingerprint density at radius 2 is 1.75 bits per heavy atom. The lowest BCUT2D eigenvalue weighted by atomic mass is 10.2. The Morgan fingerprint density at radius 1 is 1.03 bits per heavy atom. The van der Waals surface area contributed by atoms with E-state index < -0.39 is 0 Å². The maximum Gasteiger partial charge on any atom is 0.267 e. The molecule has 0 saturated carbocycles. The zero-order valence-corrected chi connectivity index (χ0v) is 18.5. The zero-order chi connectivity index (χ0) is 22.5. The first-order valence-electron chi connectivity index (χ1n) is 10.3. The van der Waals surface area contributed by atoms with Gasteiger partial charge in [-0.2, -0.15) is 5.10 Å². The van der Waals surface area contributed by atoms with E-state index in [0.29, 0.717) is 22.3 Å². The molecule has 0 bridgehead atoms. The molecule has 0 unspecified atom stereocenters. The Hall–Kier alpha value is -3.52. The Kier molecular flexibility index (Phi) is 6.61. The summed E-state index contributed by atoms with van der Waals surface area (Å²) in [5, 5.41) is 7.91. The standard InChI is InChI=1S/C23H24ClN5O3/c1-32-20-7-5-18(6-8-20)25-22(30)16-29-23(31)10-9-21(26-29)28-13-11-27(12-14-28)19-4-2-3-17(24)15-19/h2-10,15H,11-14,16H2,1H3,(H,25,30). The summed E-state index contributed by atoms with van der Waals surface area (Å²) in [4.78, 5) is 29.1. The second-order valence-electron chi connectivity index (χ2n) is 7.42. The number of anilines is 3. The van der Waals surface area contributed by atoms with E-state index in [9.17, 15) is 9.59 Å². The molecule has 1 aromatic heterocycles. The van der Waals surface area contributed by atoms with Crippen LogP contribution in [0.25, 0.3) is 0 Å². The van der Waals surface area contributed by atoms with E-state index in [-0.39, 0.29) is 18.0 Å². The number of carbonyl (C=O) groups excluding carboxylic acids is 1. The van der Waals surface area contributed by atoms with Gasteiger partial charge in [0.05, 0.1) is 7.11 Å². The first-order chi connectivity index (χ1) is 15.5. The summed E-state index contributed by atoms with van der Waals surface area (Å²) in [5.41, 5.74) is 1.39. The second-order valence-corrected chi connectivity index (χ2v) is 7.85. The Labute approximate surface area is 191 Å². The molecule has 2 aromatic carbocycles. The maximum atomic E-state index is 12.4. The van der Waals surface area contributed by atoms with E-state index >= 15 is 0 Å². The Bertz CT molecular complexity index is 1140. The predicted molar refractivity (Wildman–Crippen MR) is 126 cm³/mol. The largest absolute Gasteiger partial charge is 0.497 e. The van der Waals surface area contributed by atoms with Crippen molar-refractivity contribution in [2.45, 2.75) is 6.54 Å². The molecular weight excluding hydrogens is 430 g/mol. The molecule has 2 heterocycles. The third-order valence-electron chi connectivity index (χ3n) is 5.30. The molecule has 1 saturated heterocycles. The molecule has 1 aliphatic rings. The van der Waals surface area contributed by atoms with Gasteiger partial charge in [-0.3, -0.25) is 9.59 Å². The number of nitrogens with one attached hydrogen (secondary N) is 1. The lowest BCUT2D eigenvalue weighted by molar-refractivity contribution is -0.117. The first-order valence-corrected chi connectivity index (χ1v) is 10.7. The summed E-state index contributed by atoms with van der Waals surface area (Å²) >= 11 is 6.11. The summed E-state index contributed by atoms with van der Waals surface area (Å²) in [6, 6.07) is 17.9. The number of benzene rings is 2. The minimum absolute atomic E-state index is 0.165. The number of methoxy groups -OCH3 is 1. The number of ether oxygens (including phenoxy) is 1. The van der Waals surface area contributed by atoms with Crippen molar-refractivity contribution in [3.8, 4) is 5.75 Å². The molecule has 1 N–H and O–H groups in total. The van der Waals surface area contributed by atoms with Gasteiger partial charge in [0.25, 0.3) is 5.56 Å². The number of amides is 1. The van der Waals surface area contributed by atoms with E-state index in [0.717, 1.165) is 31.9 Å². The molecule has 1 fully saturated rings. The molecule has 3 aromatic rings. The van der Waals surface area contributed by atoms with Crippen LogP contribution in [0.2, 0.25) is 5.02 Å². The SMILES string of the molecule is COc1ccc(NC(=O)Cn2nc(N3CCN(c4cccc(Cl)c4)CC3)ccc2=O)cc1. The lowest BCUT2D eigenvalue weighted by Crippen LogP contribution is -2.47. The fourth-order valence-corrected chi connectivity index (χ4v) is 3.78. The molecule has 8 nitrogen and oxygen atoms in total. The molecule has 0 radical (unpaired) electrons. The van der Waals surface area contributed by atoms with E-state index in [2.05, 4.69) is 20.2 Å². The fourth-order valence-electron chi connectivity index (χ4n) is 3.60. The topological polar surface area (TPSA) is 79.7 Å². The molecule has 1 amide bonds. The van der Waals surface area contributed by atoms with Crippen LogP contribution in [0.5, 0.6) is 5.75 Å². The van der Waals surface area contributed by atoms with Gasteiger partial charge in [-0.1, -0.05) is 17.7 Å². The monoisotopic (exact) mass is 453 g/mol. The number of carbonyl (C=O) groups is 1. The summed E-state index contributed by atoms with van der Waals surface area (Å²) in [6.45, 7) is 2.94. The van der Waals surface area contributed by atoms with Gasteiger partial charge >= 0.3 is 0 Å². The summed E-state index contributed by atoms with van der Waals surface area (Å²) in [5.74, 6) is 1.05. The zero-order valence-electron chi connectivity index (χ0n) is 17.7. The van der Waals surface area contributed by atoms with Crippen LogP contribution in [0.1, 0.15) is 0 Å². The number of halogens is 1. The van der Waals surface area contributed by atoms with Crippen molar-refractivity contribution in [1.29, 1.82) is 0 Å². The molecular formula is C23H24ClN5O3. The molecule has 1 aliphatic heterocycles. The van der Waals surface area contributed by atoms with E-state index in [1.54, 1.807) is 37.4 Å². The van der Waals surface area contributed by atoms with Gasteiger partial charge in [-0.15, -0.1) is 0 Å². The molecule has 0 aliphatic carbocycles. The lowest BCUT2D eigenvalue weighted by Gasteiger charge is -2.36. The van der Waals surface area contributed by atoms with Crippen molar-refractivity contribution in [2.75, 3.05) is 48.4 Å². The van der Waals surface area contributed by atoms with Gasteiger partial charge in [0.1, 0.15) is 18.1 Å². The third-order valence-corrected chi connectivity index (χ3v) is 5.53. The van der Waals surface area contributed by atoms with Crippen LogP contribution < -0.4 is 25.4 Å². The van der Waals surface area contributed by atoms with E-state index in [1.807, 2.05) is 24.3 Å². The number of nitrogens with zero attached hydrogens (tertiary/aromatic N) is 4. The van der Waals surface area contributed by atoms with Gasteiger partial charge in [0, 0.05) is 48.6 Å². The Balaban J connectivity index is 1.39. The number of rotatable bonds is 6. The summed E-state index contributed by atoms with van der Waals surface area (Å²) in [7, 11) is 1.58. The molecule has 166 valence electrons. The normalized spacial score (nSPS) is 13.7. The van der Waals surface area contributed by atoms with E-state index in [4.69, 9.17) is 16.3 Å². The number of hydrogen-bond donors (Lipinski definition) is 1. The van der Waals surface area contributed by atoms with Gasteiger partial charge in [0.15, 0.2) is 0 Å². The minimum atomic E-state index is -0.326. The van der Waals surface area contributed by atoms with Crippen LogP contribution in [0.3, 0.4) is 0 Å². The van der Waals surface area contributed by atoms with Crippen molar-refractivity contribution < 1.29 is 9.53 Å². The highest BCUT2D eigenvalue weighted by atomic mass is 35.5. The molecule has 0 atom stereocenters. The number of piperazine rings is 1. The van der Waals surface area contributed by atoms with Gasteiger partial charge in [0.2, 0.25) is 5.91 Å². The quantitative estimate of drug-likeness (QED) is 0.618. The van der Waals surface area contributed by atoms with Crippen molar-refractivity contribution in [3.63, 3.8) is 0 Å². The van der Waals surface area contributed by atoms with Crippen LogP contribution >= 0.6 is 11.6 Å². The molecule has 4 rings (SSSR count). The summed E-state index contributed by atoms with van der Waals surface area (Å²) < 4.78 is 6.30. The highest BCUT2D eigenvalue weighted by Gasteiger charge is 2.19. The van der Waals surface area contributed by atoms with Crippen LogP contribution in [-0.2, 0) is 11.3 Å². The maximum absolute atomic E-state index is 12.4. The van der Waals surface area contributed by atoms with Crippen molar-refractivity contribution in [2.24, 2.45) is 0 Å². The highest BCUT2D eigenvalue weighted by Crippen LogP contribution is 2.22. The third kappa shape index (κ3) is 5.20. The van der Waals surface area contributed by atoms with Crippen molar-refractivity contribution in [1.82, 2.24) is 9.78 Å². The predicted octanol–water partition coefficient (Wildman–Crippen LogP) is 2.87. The Morgan fingerprint density at radius 3 is 2.44 bits per heavy atom. The smallest absolute Gasteiger partial charge is 0.267 e. The molecule has 0 spiro atoms. The average molecular weight is 454 g/mol. The number of hydrogen-bond acceptors (Lipinski definition) is 6. The molecule has 9 heteroatoms. The first kappa shape index (κ1) is 21.7. The van der Waals surface area contributed by atoms with Crippen LogP contribution in [0, 0.1) is 0 Å².